The van der Waals surface area contributed by atoms with Gasteiger partial charge < -0.3 is 73.2 Å². The normalized spacial score (nSPS) is 17.5. The molecule has 2 aromatic carbocycles. The number of nitrogens with zero attached hydrogens (tertiary/aromatic N) is 26. The Morgan fingerprint density at radius 3 is 1.21 bits per heavy atom. The van der Waals surface area contributed by atoms with Crippen molar-refractivity contribution in [3.8, 4) is 79.5 Å². The van der Waals surface area contributed by atoms with Crippen molar-refractivity contribution in [2.24, 2.45) is 0 Å². The van der Waals surface area contributed by atoms with Crippen molar-refractivity contribution in [2.75, 3.05) is 172 Å². The molecule has 5 aliphatic heterocycles. The lowest BCUT2D eigenvalue weighted by atomic mass is 10.1. The first-order valence-electron chi connectivity index (χ1n) is 50.4. The molecule has 16 aromatic heterocycles. The third-order valence-electron chi connectivity index (χ3n) is 28.5. The molecule has 5 saturated heterocycles. The van der Waals surface area contributed by atoms with E-state index < -0.39 is 0 Å². The van der Waals surface area contributed by atoms with Gasteiger partial charge in [-0.25, -0.2) is 38.9 Å². The van der Waals surface area contributed by atoms with Crippen molar-refractivity contribution in [3.63, 3.8) is 0 Å². The third-order valence-corrected chi connectivity index (χ3v) is 28.8. The SMILES string of the molecule is COc1ccc(-c2cc(=O)n3cc(N4CCN(C)[C@H](C)C4)cc(C)c3n2)cc1OC.COc1ccc(-c2cc(=O)n3cc(N4C[C@@H](C)N[C@@H](C)C4)cc(C)c3n2)cc1OC.Cc1cn2cc(-c3cc(=O)n4cc(N5CCN(C)[C@@H](C)C5)ccc4n3)cc(Cl)c2n1.Cc1cn2nc(-c3cc(=O)n4cc(N5CCCN(C)CC5)ccc4n3)cc2c(C)n1.Cc1cn2nc(-c3cc(=O)n4cc(N5CCN[C@H](C)C5)ccc4n3)cc2c(C)n1. The minimum Gasteiger partial charge on any atom is -0.493 e. The summed E-state index contributed by atoms with van der Waals surface area (Å²) in [5.74, 6) is 2.49. The van der Waals surface area contributed by atoms with Crippen LogP contribution < -0.4 is 81.9 Å². The van der Waals surface area contributed by atoms with Crippen LogP contribution in [0.2, 0.25) is 5.02 Å². The van der Waals surface area contributed by atoms with Crippen molar-refractivity contribution in [1.29, 1.82) is 0 Å². The molecule has 5 aliphatic rings. The summed E-state index contributed by atoms with van der Waals surface area (Å²) in [7, 11) is 12.8. The fraction of sp³-hybridized carbons (Fsp3) is 0.360. The average molecular weight is 2030 g/mol. The number of pyridine rings is 6. The minimum absolute atomic E-state index is 0.100. The van der Waals surface area contributed by atoms with E-state index in [1.807, 2.05) is 194 Å². The lowest BCUT2D eigenvalue weighted by Gasteiger charge is -2.39. The second kappa shape index (κ2) is 43.1. The standard InChI is InChI=1S/2C23H28N4O3.C22H23ClN6O.C22H25N7O.C21H23N7O/c1-14-8-18(26-11-15(2)24-16(3)12-26)13-27-22(28)10-19(25-23(14)27)17-6-7-20(29-4)21(9-17)30-5;1-15-10-18(26-9-8-25(3)16(2)13-26)14-27-22(28)12-19(24-23(15)27)17-6-7-20(29-4)21(11-17)30-5;1-14-10-28-12-16(8-18(23)22(28)24-14)19-9-21(30)29-13-17(4-5-20(29)25-19)27-7-6-26(3)15(2)11-27;1-15-13-29-20(16(2)23-15)11-19(25-29)18-12-22(30)28-14-17(5-6-21(28)24-18)27-8-4-7-26(3)9-10-27;1-13-10-26(7-6-22-13)16-4-5-20-24-17(9-21(29)27(20)12-16)18-8-19-15(3)23-14(2)11-28(19)25-18/h6-10,13,15-16,24H,11-12H2,1-5H3;6-7,10-12,14,16H,8-9,13H2,1-5H3;4-5,8-10,12-13,15H,6-7,11H2,1-3H3;5-6,11-14H,4,7-10H2,1-3H3;4-5,8-9,11-13,22H,6-7,10H2,1-3H3/t15-,16+;16-;15-;;13-/m.10.1/s1. The van der Waals surface area contributed by atoms with Gasteiger partial charge in [0.2, 0.25) is 0 Å². The molecule has 23 rings (SSSR count). The number of fused-ring (bicyclic) bond motifs is 8. The average Bonchev–Trinajstić information content (AvgIpc) is 1.77. The van der Waals surface area contributed by atoms with E-state index in [0.717, 1.165) is 200 Å². The molecule has 5 fully saturated rings. The van der Waals surface area contributed by atoms with Gasteiger partial charge in [0, 0.05) is 212 Å². The van der Waals surface area contributed by atoms with E-state index in [0.29, 0.717) is 132 Å². The second-order valence-corrected chi connectivity index (χ2v) is 40.2. The number of nitrogens with one attached hydrogen (secondary N) is 2. The molecule has 18 aromatic rings. The van der Waals surface area contributed by atoms with E-state index in [2.05, 4.69) is 149 Å². The first-order valence-corrected chi connectivity index (χ1v) is 50.8. The highest BCUT2D eigenvalue weighted by molar-refractivity contribution is 6.33. The molecular weight excluding hydrogens is 1900 g/mol. The summed E-state index contributed by atoms with van der Waals surface area (Å²) in [5, 5.41) is 16.7. The molecule has 5 atom stereocenters. The number of hydrogen-bond acceptors (Lipinski definition) is 29. The predicted molar refractivity (Wildman–Crippen MR) is 588 cm³/mol. The van der Waals surface area contributed by atoms with Gasteiger partial charge >= 0.3 is 0 Å². The fourth-order valence-corrected chi connectivity index (χ4v) is 20.6. The molecule has 0 aliphatic carbocycles. The zero-order valence-corrected chi connectivity index (χ0v) is 88.5. The van der Waals surface area contributed by atoms with Crippen molar-refractivity contribution in [2.45, 2.75) is 120 Å². The Hall–Kier alpha value is -15.5. The van der Waals surface area contributed by atoms with Crippen molar-refractivity contribution >= 4 is 85.0 Å². The Bertz CT molecular complexity index is 8450. The lowest BCUT2D eigenvalue weighted by molar-refractivity contribution is 0.234. The lowest BCUT2D eigenvalue weighted by Crippen LogP contribution is -2.54. The third kappa shape index (κ3) is 22.0. The summed E-state index contributed by atoms with van der Waals surface area (Å²) >= 11 is 6.41. The molecule has 0 radical (unpaired) electrons. The van der Waals surface area contributed by atoms with Crippen molar-refractivity contribution < 1.29 is 18.9 Å². The summed E-state index contributed by atoms with van der Waals surface area (Å²) in [6, 6.07) is 42.8. The predicted octanol–water partition coefficient (Wildman–Crippen LogP) is 12.8. The van der Waals surface area contributed by atoms with Gasteiger partial charge in [0.25, 0.3) is 27.8 Å². The number of hydrogen-bond donors (Lipinski definition) is 2. The molecule has 0 unspecified atom stereocenters. The van der Waals surface area contributed by atoms with Gasteiger partial charge in [0.15, 0.2) is 28.6 Å². The van der Waals surface area contributed by atoms with Crippen LogP contribution in [0.25, 0.3) is 101 Å². The number of anilines is 5. The molecule has 772 valence electrons. The van der Waals surface area contributed by atoms with Gasteiger partial charge in [-0.2, -0.15) is 10.2 Å². The van der Waals surface area contributed by atoms with Gasteiger partial charge in [-0.3, -0.25) is 55.9 Å². The van der Waals surface area contributed by atoms with Gasteiger partial charge in [-0.05, 0) is 231 Å². The van der Waals surface area contributed by atoms with E-state index in [-0.39, 0.29) is 27.8 Å². The molecule has 37 nitrogen and oxygen atoms in total. The molecule has 0 spiro atoms. The summed E-state index contributed by atoms with van der Waals surface area (Å²) in [5.41, 5.74) is 23.5. The van der Waals surface area contributed by atoms with Crippen LogP contribution in [0, 0.1) is 48.5 Å². The monoisotopic (exact) mass is 2030 g/mol. The summed E-state index contributed by atoms with van der Waals surface area (Å²) in [4.78, 5) is 120. The Balaban J connectivity index is 0.000000117. The number of rotatable bonds is 14. The molecule has 0 amide bonds. The number of imidazole rings is 1. The first-order chi connectivity index (χ1) is 71.6. The van der Waals surface area contributed by atoms with Crippen molar-refractivity contribution in [3.05, 3.63) is 286 Å². The maximum absolute atomic E-state index is 13.0. The number of halogens is 1. The Morgan fingerprint density at radius 1 is 0.329 bits per heavy atom. The second-order valence-electron chi connectivity index (χ2n) is 39.7. The number of aryl methyl sites for hydroxylation is 7. The van der Waals surface area contributed by atoms with Gasteiger partial charge in [-0.15, -0.1) is 0 Å². The molecule has 2 N–H and O–H groups in total. The fourth-order valence-electron chi connectivity index (χ4n) is 20.3. The van der Waals surface area contributed by atoms with Crippen LogP contribution in [-0.2, 0) is 0 Å². The van der Waals surface area contributed by atoms with E-state index >= 15 is 0 Å². The van der Waals surface area contributed by atoms with E-state index in [1.165, 1.54) is 0 Å². The number of aromatic nitrogens is 18. The first kappa shape index (κ1) is 102. The topological polar surface area (TPSA) is 336 Å². The number of piperazine rings is 4. The number of methoxy groups -OCH3 is 4. The van der Waals surface area contributed by atoms with Crippen LogP contribution in [0.15, 0.2) is 213 Å². The maximum atomic E-state index is 13.0. The zero-order chi connectivity index (χ0) is 105. The number of ether oxygens (including phenoxy) is 4. The van der Waals surface area contributed by atoms with Crippen molar-refractivity contribution in [1.82, 2.24) is 111 Å². The van der Waals surface area contributed by atoms with E-state index in [9.17, 15) is 24.0 Å². The van der Waals surface area contributed by atoms with E-state index in [4.69, 9.17) is 55.5 Å². The maximum Gasteiger partial charge on any atom is 0.258 e. The summed E-state index contributed by atoms with van der Waals surface area (Å²) in [6.45, 7) is 39.1. The molecular formula is C111H127ClN28O9. The smallest absolute Gasteiger partial charge is 0.258 e. The zero-order valence-electron chi connectivity index (χ0n) is 87.8. The number of benzene rings is 2. The van der Waals surface area contributed by atoms with E-state index in [1.54, 1.807) is 89.8 Å². The molecule has 38 heteroatoms. The van der Waals surface area contributed by atoms with Crippen LogP contribution in [-0.4, -0.2) is 278 Å². The van der Waals surface area contributed by atoms with Crippen LogP contribution in [0.5, 0.6) is 23.0 Å². The Labute approximate surface area is 866 Å². The van der Waals surface area contributed by atoms with Gasteiger partial charge in [0.05, 0.1) is 142 Å². The van der Waals surface area contributed by atoms with Gasteiger partial charge in [-0.1, -0.05) is 11.6 Å². The Kier molecular flexibility index (Phi) is 29.5. The molecule has 0 saturated carbocycles. The van der Waals surface area contributed by atoms with Crippen LogP contribution in [0.4, 0.5) is 28.4 Å². The summed E-state index contributed by atoms with van der Waals surface area (Å²) < 4.78 is 35.0. The highest BCUT2D eigenvalue weighted by Crippen LogP contribution is 2.37. The minimum atomic E-state index is -0.114. The quantitative estimate of drug-likeness (QED) is 0.102. The molecule has 21 heterocycles. The van der Waals surface area contributed by atoms with Crippen LogP contribution >= 0.6 is 11.6 Å². The van der Waals surface area contributed by atoms with Crippen LogP contribution in [0.3, 0.4) is 0 Å². The molecule has 0 bridgehead atoms. The largest absolute Gasteiger partial charge is 0.493 e. The number of likely N-dealkylation sites (N-methyl/N-ethyl adjacent to an activating group) is 3. The molecule has 149 heavy (non-hydrogen) atoms. The Morgan fingerprint density at radius 2 is 0.738 bits per heavy atom. The highest BCUT2D eigenvalue weighted by atomic mass is 35.5. The highest BCUT2D eigenvalue weighted by Gasteiger charge is 2.29. The van der Waals surface area contributed by atoms with Crippen LogP contribution in [0.1, 0.15) is 80.6 Å². The summed E-state index contributed by atoms with van der Waals surface area (Å²) in [6.07, 6.45) is 18.2. The van der Waals surface area contributed by atoms with Gasteiger partial charge in [0.1, 0.15) is 39.6 Å².